The van der Waals surface area contributed by atoms with Crippen molar-refractivity contribution in [3.8, 4) is 0 Å². The Bertz CT molecular complexity index is 580. The van der Waals surface area contributed by atoms with Gasteiger partial charge >= 0.3 is 6.18 Å². The van der Waals surface area contributed by atoms with Crippen molar-refractivity contribution in [3.05, 3.63) is 29.1 Å². The van der Waals surface area contributed by atoms with E-state index in [0.717, 1.165) is 17.0 Å². The van der Waals surface area contributed by atoms with Crippen LogP contribution in [0.2, 0.25) is 0 Å². The van der Waals surface area contributed by atoms with Crippen LogP contribution in [0, 0.1) is 12.7 Å². The molecule has 7 heteroatoms. The van der Waals surface area contributed by atoms with Gasteiger partial charge in [0.25, 0.3) is 11.7 Å². The molecule has 108 valence electrons. The van der Waals surface area contributed by atoms with E-state index in [-0.39, 0.29) is 24.2 Å². The van der Waals surface area contributed by atoms with Gasteiger partial charge in [0, 0.05) is 13.0 Å². The molecule has 1 heterocycles. The van der Waals surface area contributed by atoms with Crippen LogP contribution in [0.25, 0.3) is 0 Å². The van der Waals surface area contributed by atoms with Crippen LogP contribution in [-0.2, 0) is 4.79 Å². The van der Waals surface area contributed by atoms with Crippen LogP contribution in [0.3, 0.4) is 0 Å². The molecule has 0 fully saturated rings. The second-order valence-corrected chi connectivity index (χ2v) is 4.62. The zero-order valence-corrected chi connectivity index (χ0v) is 10.6. The smallest absolute Gasteiger partial charge is 0.304 e. The number of alkyl halides is 3. The SMILES string of the molecule is Cc1cc(F)cc2c1N(CCCC(F)(F)F)C(=O)C2=O. The van der Waals surface area contributed by atoms with Gasteiger partial charge in [0.2, 0.25) is 0 Å². The number of Topliss-reactive ketones (excluding diaryl/α,β-unsaturated/α-hetero) is 1. The second kappa shape index (κ2) is 4.88. The Morgan fingerprint density at radius 2 is 1.85 bits per heavy atom. The number of rotatable bonds is 3. The molecule has 3 nitrogen and oxygen atoms in total. The minimum absolute atomic E-state index is 0.0838. The van der Waals surface area contributed by atoms with Gasteiger partial charge in [-0.3, -0.25) is 9.59 Å². The number of hydrogen-bond donors (Lipinski definition) is 0. The predicted molar refractivity (Wildman–Crippen MR) is 63.1 cm³/mol. The van der Waals surface area contributed by atoms with Crippen molar-refractivity contribution < 1.29 is 27.2 Å². The molecule has 1 aromatic rings. The minimum atomic E-state index is -4.31. The fourth-order valence-electron chi connectivity index (χ4n) is 2.26. The summed E-state index contributed by atoms with van der Waals surface area (Å²) in [7, 11) is 0. The van der Waals surface area contributed by atoms with Crippen LogP contribution < -0.4 is 4.90 Å². The molecule has 1 amide bonds. The summed E-state index contributed by atoms with van der Waals surface area (Å²) in [6.45, 7) is 1.29. The van der Waals surface area contributed by atoms with Crippen molar-refractivity contribution in [2.45, 2.75) is 25.9 Å². The lowest BCUT2D eigenvalue weighted by atomic mass is 10.1. The number of ketones is 1. The summed E-state index contributed by atoms with van der Waals surface area (Å²) in [5.41, 5.74) is 0.481. The fraction of sp³-hybridized carbons (Fsp3) is 0.385. The molecule has 0 bridgehead atoms. The first-order valence-corrected chi connectivity index (χ1v) is 5.94. The first-order valence-electron chi connectivity index (χ1n) is 5.94. The van der Waals surface area contributed by atoms with Crippen LogP contribution in [0.4, 0.5) is 23.2 Å². The van der Waals surface area contributed by atoms with Crippen LogP contribution in [0.5, 0.6) is 0 Å². The summed E-state index contributed by atoms with van der Waals surface area (Å²) in [6, 6.07) is 2.08. The molecule has 0 N–H and O–H groups in total. The maximum Gasteiger partial charge on any atom is 0.389 e. The molecule has 0 atom stereocenters. The average Bonchev–Trinajstić information content (AvgIpc) is 2.53. The molecule has 0 spiro atoms. The Morgan fingerprint density at radius 3 is 2.45 bits per heavy atom. The number of nitrogens with zero attached hydrogens (tertiary/aromatic N) is 1. The lowest BCUT2D eigenvalue weighted by Gasteiger charge is -2.18. The quantitative estimate of drug-likeness (QED) is 0.633. The van der Waals surface area contributed by atoms with E-state index in [1.54, 1.807) is 0 Å². The van der Waals surface area contributed by atoms with E-state index in [1.165, 1.54) is 6.92 Å². The third-order valence-electron chi connectivity index (χ3n) is 3.06. The van der Waals surface area contributed by atoms with Crippen LogP contribution in [0.15, 0.2) is 12.1 Å². The summed E-state index contributed by atoms with van der Waals surface area (Å²) >= 11 is 0. The largest absolute Gasteiger partial charge is 0.389 e. The van der Waals surface area contributed by atoms with Crippen molar-refractivity contribution in [2.24, 2.45) is 0 Å². The van der Waals surface area contributed by atoms with Gasteiger partial charge in [0.15, 0.2) is 0 Å². The predicted octanol–water partition coefficient (Wildman–Crippen LogP) is 3.01. The molecule has 1 aliphatic heterocycles. The monoisotopic (exact) mass is 289 g/mol. The number of benzene rings is 1. The number of anilines is 1. The highest BCUT2D eigenvalue weighted by Gasteiger charge is 2.37. The third-order valence-corrected chi connectivity index (χ3v) is 3.06. The Morgan fingerprint density at radius 1 is 1.20 bits per heavy atom. The van der Waals surface area contributed by atoms with Gasteiger partial charge in [0.05, 0.1) is 11.3 Å². The molecule has 0 aromatic heterocycles. The van der Waals surface area contributed by atoms with E-state index in [4.69, 9.17) is 0 Å². The summed E-state index contributed by atoms with van der Waals surface area (Å²) in [6.07, 6.45) is -5.66. The maximum absolute atomic E-state index is 13.2. The van der Waals surface area contributed by atoms with E-state index >= 15 is 0 Å². The van der Waals surface area contributed by atoms with E-state index in [2.05, 4.69) is 0 Å². The summed E-state index contributed by atoms with van der Waals surface area (Å²) in [5, 5.41) is 0. The fourth-order valence-corrected chi connectivity index (χ4v) is 2.26. The van der Waals surface area contributed by atoms with Gasteiger partial charge in [-0.05, 0) is 31.0 Å². The molecular weight excluding hydrogens is 278 g/mol. The first kappa shape index (κ1) is 14.5. The lowest BCUT2D eigenvalue weighted by molar-refractivity contribution is -0.135. The molecule has 2 rings (SSSR count). The summed E-state index contributed by atoms with van der Waals surface area (Å²) < 4.78 is 49.6. The lowest BCUT2D eigenvalue weighted by Crippen LogP contribution is -2.31. The van der Waals surface area contributed by atoms with Gasteiger partial charge in [-0.15, -0.1) is 0 Å². The Balaban J connectivity index is 2.25. The van der Waals surface area contributed by atoms with Crippen LogP contribution >= 0.6 is 0 Å². The van der Waals surface area contributed by atoms with Crippen molar-refractivity contribution in [1.82, 2.24) is 0 Å². The molecular formula is C13H11F4NO2. The zero-order valence-electron chi connectivity index (χ0n) is 10.6. The second-order valence-electron chi connectivity index (χ2n) is 4.62. The third kappa shape index (κ3) is 2.66. The van der Waals surface area contributed by atoms with E-state index in [9.17, 15) is 27.2 Å². The average molecular weight is 289 g/mol. The standard InChI is InChI=1S/C13H11F4NO2/c1-7-5-8(14)6-9-10(7)18(12(20)11(9)19)4-2-3-13(15,16)17/h5-6H,2-4H2,1H3. The highest BCUT2D eigenvalue weighted by molar-refractivity contribution is 6.52. The molecule has 0 saturated carbocycles. The Labute approximate surface area is 112 Å². The molecule has 0 radical (unpaired) electrons. The van der Waals surface area contributed by atoms with Crippen molar-refractivity contribution in [1.29, 1.82) is 0 Å². The summed E-state index contributed by atoms with van der Waals surface area (Å²) in [5.74, 6) is -2.44. The Kier molecular flexibility index (Phi) is 3.54. The zero-order chi connectivity index (χ0) is 15.1. The molecule has 0 aliphatic carbocycles. The number of amides is 1. The normalized spacial score (nSPS) is 14.9. The van der Waals surface area contributed by atoms with Gasteiger partial charge in [0.1, 0.15) is 5.82 Å². The topological polar surface area (TPSA) is 37.4 Å². The number of carbonyl (C=O) groups is 2. The van der Waals surface area contributed by atoms with E-state index in [0.29, 0.717) is 5.56 Å². The molecule has 1 aliphatic rings. The maximum atomic E-state index is 13.2. The molecule has 20 heavy (non-hydrogen) atoms. The first-order chi connectivity index (χ1) is 9.20. The van der Waals surface area contributed by atoms with Gasteiger partial charge < -0.3 is 4.90 Å². The number of aryl methyl sites for hydroxylation is 1. The highest BCUT2D eigenvalue weighted by Crippen LogP contribution is 2.34. The molecule has 1 aromatic carbocycles. The summed E-state index contributed by atoms with van der Waals surface area (Å²) in [4.78, 5) is 24.4. The number of halogens is 4. The minimum Gasteiger partial charge on any atom is -0.304 e. The van der Waals surface area contributed by atoms with E-state index < -0.39 is 30.1 Å². The van der Waals surface area contributed by atoms with Gasteiger partial charge in [-0.1, -0.05) is 0 Å². The number of carbonyl (C=O) groups excluding carboxylic acids is 2. The van der Waals surface area contributed by atoms with Crippen LogP contribution in [0.1, 0.15) is 28.8 Å². The van der Waals surface area contributed by atoms with Crippen molar-refractivity contribution >= 4 is 17.4 Å². The van der Waals surface area contributed by atoms with Gasteiger partial charge in [-0.25, -0.2) is 4.39 Å². The molecule has 0 unspecified atom stereocenters. The number of fused-ring (bicyclic) bond motifs is 1. The highest BCUT2D eigenvalue weighted by atomic mass is 19.4. The van der Waals surface area contributed by atoms with Crippen molar-refractivity contribution in [2.75, 3.05) is 11.4 Å². The van der Waals surface area contributed by atoms with Crippen molar-refractivity contribution in [3.63, 3.8) is 0 Å². The van der Waals surface area contributed by atoms with E-state index in [1.807, 2.05) is 0 Å². The van der Waals surface area contributed by atoms with Crippen LogP contribution in [-0.4, -0.2) is 24.4 Å². The van der Waals surface area contributed by atoms with Gasteiger partial charge in [-0.2, -0.15) is 13.2 Å². The Hall–Kier alpha value is -1.92. The molecule has 0 saturated heterocycles. The number of hydrogen-bond acceptors (Lipinski definition) is 2.